The molecule has 1 aliphatic rings. The summed E-state index contributed by atoms with van der Waals surface area (Å²) >= 11 is -0.224. The molecule has 1 unspecified atom stereocenters. The second-order valence-corrected chi connectivity index (χ2v) is 12.5. The van der Waals surface area contributed by atoms with Crippen LogP contribution in [-0.2, 0) is 23.9 Å². The van der Waals surface area contributed by atoms with Gasteiger partial charge in [-0.25, -0.2) is 0 Å². The van der Waals surface area contributed by atoms with Gasteiger partial charge in [-0.3, -0.25) is 4.21 Å². The summed E-state index contributed by atoms with van der Waals surface area (Å²) in [6.45, 7) is 3.43. The molecule has 0 aliphatic carbocycles. The Labute approximate surface area is 113 Å². The second kappa shape index (κ2) is 7.85. The zero-order valence-corrected chi connectivity index (χ0v) is 13.9. The first-order valence-electron chi connectivity index (χ1n) is 4.06. The Balaban J connectivity index is 0.000000487. The minimum atomic E-state index is -2.39. The Bertz CT molecular complexity index is 225. The summed E-state index contributed by atoms with van der Waals surface area (Å²) < 4.78 is 33.8. The maximum atomic E-state index is 8.77. The largest absolute Gasteiger partial charge is 0.760 e. The van der Waals surface area contributed by atoms with Gasteiger partial charge in [-0.05, 0) is 10.7 Å². The molecule has 1 atom stereocenters. The third kappa shape index (κ3) is 7.07. The van der Waals surface area contributed by atoms with Gasteiger partial charge in [0.25, 0.3) is 0 Å². The Morgan fingerprint density at radius 3 is 2.12 bits per heavy atom. The van der Waals surface area contributed by atoms with Gasteiger partial charge in [0.1, 0.15) is 0 Å². The molecule has 1 heterocycles. The van der Waals surface area contributed by atoms with Crippen molar-refractivity contribution in [1.82, 2.24) is 0 Å². The molecule has 0 amide bonds. The fourth-order valence-electron chi connectivity index (χ4n) is 0.760. The molecule has 16 heavy (non-hydrogen) atoms. The van der Waals surface area contributed by atoms with Gasteiger partial charge in [-0.1, -0.05) is 0 Å². The van der Waals surface area contributed by atoms with Crippen molar-refractivity contribution >= 4 is 51.3 Å². The van der Waals surface area contributed by atoms with E-state index in [0.29, 0.717) is 13.2 Å². The van der Waals surface area contributed by atoms with E-state index < -0.39 is 16.9 Å². The smallest absolute Gasteiger partial charge is 0.0422 e. The van der Waals surface area contributed by atoms with Crippen LogP contribution in [0.25, 0.3) is 0 Å². The van der Waals surface area contributed by atoms with Crippen molar-refractivity contribution in [2.45, 2.75) is 13.8 Å². The first-order chi connectivity index (χ1) is 7.27. The van der Waals surface area contributed by atoms with Crippen molar-refractivity contribution in [3.8, 4) is 0 Å². The molecule has 1 saturated heterocycles. The summed E-state index contributed by atoms with van der Waals surface area (Å²) in [6.07, 6.45) is 0. The van der Waals surface area contributed by atoms with E-state index in [0.717, 1.165) is 0 Å². The maximum Gasteiger partial charge on any atom is 0.0422 e. The predicted octanol–water partition coefficient (Wildman–Crippen LogP) is 2.26. The Morgan fingerprint density at radius 2 is 1.88 bits per heavy atom. The predicted molar refractivity (Wildman–Crippen MR) is 66.0 cm³/mol. The van der Waals surface area contributed by atoms with E-state index in [4.69, 9.17) is 32.4 Å². The van der Waals surface area contributed by atoms with Crippen molar-refractivity contribution < 1.29 is 22.3 Å². The minimum absolute atomic E-state index is 0.0875. The van der Waals surface area contributed by atoms with E-state index in [1.165, 1.54) is 0 Å². The molecule has 0 aromatic heterocycles. The first-order valence-corrected chi connectivity index (χ1v) is 12.0. The van der Waals surface area contributed by atoms with Crippen LogP contribution in [0.2, 0.25) is 0 Å². The van der Waals surface area contributed by atoms with Crippen LogP contribution in [0.4, 0.5) is 0 Å². The first kappa shape index (κ1) is 17.5. The number of hydrogen-bond donors (Lipinski definition) is 0. The SMILES string of the molecule is CO[P+]1([Se]Cl)OCC(C)(C)CO1.O=S([O-])Cl. The third-order valence-electron chi connectivity index (χ3n) is 1.53. The molecule has 0 bridgehead atoms. The Hall–Kier alpha value is 1.52. The zero-order chi connectivity index (χ0) is 12.8. The minimum Gasteiger partial charge on any atom is -0.760 e. The topological polar surface area (TPSA) is 67.8 Å². The maximum absolute atomic E-state index is 8.77. The van der Waals surface area contributed by atoms with Crippen molar-refractivity contribution in [1.29, 1.82) is 0 Å². The average Bonchev–Trinajstić information content (AvgIpc) is 2.18. The normalized spacial score (nSPS) is 24.1. The molecular weight excluding hydrogens is 365 g/mol. The van der Waals surface area contributed by atoms with E-state index in [1.54, 1.807) is 7.11 Å². The van der Waals surface area contributed by atoms with Gasteiger partial charge in [0.15, 0.2) is 0 Å². The number of halogens is 2. The van der Waals surface area contributed by atoms with Gasteiger partial charge >= 0.3 is 83.5 Å². The molecule has 0 saturated carbocycles. The zero-order valence-electron chi connectivity index (χ0n) is 8.98. The van der Waals surface area contributed by atoms with Gasteiger partial charge in [0.05, 0.1) is 0 Å². The molecule has 98 valence electrons. The van der Waals surface area contributed by atoms with E-state index in [2.05, 4.69) is 24.5 Å². The van der Waals surface area contributed by atoms with Gasteiger partial charge < -0.3 is 4.55 Å². The average molecular weight is 378 g/mol. The van der Waals surface area contributed by atoms with Crippen LogP contribution < -0.4 is 0 Å². The molecule has 0 aromatic rings. The summed E-state index contributed by atoms with van der Waals surface area (Å²) in [5.74, 6) is 0. The fourth-order valence-corrected chi connectivity index (χ4v) is 5.84. The van der Waals surface area contributed by atoms with E-state index in [-0.39, 0.29) is 19.0 Å². The van der Waals surface area contributed by atoms with Crippen LogP contribution in [0.5, 0.6) is 0 Å². The summed E-state index contributed by atoms with van der Waals surface area (Å²) in [5, 5.41) is 0. The second-order valence-electron chi connectivity index (χ2n) is 3.60. The molecule has 0 aromatic carbocycles. The fraction of sp³-hybridized carbons (Fsp3) is 1.00. The van der Waals surface area contributed by atoms with Crippen molar-refractivity contribution in [3.63, 3.8) is 0 Å². The molecule has 0 spiro atoms. The van der Waals surface area contributed by atoms with Gasteiger partial charge in [-0.2, -0.15) is 0 Å². The molecule has 0 radical (unpaired) electrons. The van der Waals surface area contributed by atoms with Crippen molar-refractivity contribution in [3.05, 3.63) is 0 Å². The summed E-state index contributed by atoms with van der Waals surface area (Å²) in [5.41, 5.74) is 0.0875. The van der Waals surface area contributed by atoms with Crippen LogP contribution in [-0.4, -0.2) is 42.7 Å². The standard InChI is InChI=1S/C6H13ClO3PSe.ClHO2S/c1-6(2)4-9-11(8-3,12-7)10-5-6;1-4(2)3/h4-5H2,1-3H3;(H,2,3)/q+1;/p-1. The molecular formula is C6H13Cl2O5PSSe. The van der Waals surface area contributed by atoms with Crippen LogP contribution >= 0.6 is 27.4 Å². The molecule has 1 aliphatic heterocycles. The monoisotopic (exact) mass is 378 g/mol. The number of rotatable bonds is 2. The van der Waals surface area contributed by atoms with Gasteiger partial charge in [0, 0.05) is 10.3 Å². The van der Waals surface area contributed by atoms with Crippen LogP contribution in [0.15, 0.2) is 0 Å². The van der Waals surface area contributed by atoms with E-state index in [9.17, 15) is 0 Å². The third-order valence-corrected chi connectivity index (χ3v) is 9.01. The van der Waals surface area contributed by atoms with Crippen LogP contribution in [0, 0.1) is 5.41 Å². The van der Waals surface area contributed by atoms with E-state index >= 15 is 0 Å². The van der Waals surface area contributed by atoms with Crippen molar-refractivity contribution in [2.75, 3.05) is 20.3 Å². The van der Waals surface area contributed by atoms with E-state index in [1.807, 2.05) is 0 Å². The molecule has 10 heteroatoms. The van der Waals surface area contributed by atoms with Gasteiger partial charge in [-0.15, -0.1) is 0 Å². The number of hydrogen-bond acceptors (Lipinski definition) is 5. The van der Waals surface area contributed by atoms with Crippen molar-refractivity contribution in [2.24, 2.45) is 5.41 Å². The summed E-state index contributed by atoms with van der Waals surface area (Å²) in [6, 6.07) is 0. The summed E-state index contributed by atoms with van der Waals surface area (Å²) in [4.78, 5) is 0. The quantitative estimate of drug-likeness (QED) is 0.319. The molecule has 5 nitrogen and oxygen atoms in total. The molecule has 0 N–H and O–H groups in total. The Morgan fingerprint density at radius 1 is 1.50 bits per heavy atom. The molecule has 1 rings (SSSR count). The summed E-state index contributed by atoms with van der Waals surface area (Å²) in [7, 11) is 9.16. The Kier molecular flexibility index (Phi) is 8.59. The van der Waals surface area contributed by atoms with Gasteiger partial charge in [0.2, 0.25) is 0 Å². The van der Waals surface area contributed by atoms with Crippen LogP contribution in [0.3, 0.4) is 0 Å². The van der Waals surface area contributed by atoms with Crippen LogP contribution in [0.1, 0.15) is 13.8 Å². The molecule has 1 fully saturated rings.